The number of morpholine rings is 1. The summed E-state index contributed by atoms with van der Waals surface area (Å²) in [7, 11) is 0. The van der Waals surface area contributed by atoms with Gasteiger partial charge in [-0.2, -0.15) is 0 Å². The number of nitrogens with zero attached hydrogens (tertiary/aromatic N) is 1. The molecule has 1 unspecified atom stereocenters. The molecular formula is C20H30ClN3O4. The Morgan fingerprint density at radius 2 is 1.86 bits per heavy atom. The van der Waals surface area contributed by atoms with Gasteiger partial charge in [-0.3, -0.25) is 4.79 Å². The fourth-order valence-corrected chi connectivity index (χ4v) is 3.50. The van der Waals surface area contributed by atoms with Crippen LogP contribution >= 0.6 is 0 Å². The third kappa shape index (κ3) is 4.96. The molecular weight excluding hydrogens is 382 g/mol. The van der Waals surface area contributed by atoms with E-state index in [4.69, 9.17) is 9.47 Å². The second-order valence-corrected chi connectivity index (χ2v) is 7.39. The van der Waals surface area contributed by atoms with E-state index in [-0.39, 0.29) is 24.3 Å². The Morgan fingerprint density at radius 1 is 1.18 bits per heavy atom. The van der Waals surface area contributed by atoms with Crippen LogP contribution in [-0.2, 0) is 15.1 Å². The molecule has 2 heterocycles. The highest BCUT2D eigenvalue weighted by atomic mass is 35.5. The molecule has 0 spiro atoms. The molecule has 0 radical (unpaired) electrons. The zero-order valence-electron chi connectivity index (χ0n) is 16.6. The van der Waals surface area contributed by atoms with Gasteiger partial charge >= 0.3 is 6.03 Å². The minimum atomic E-state index is -1.04. The molecule has 28 heavy (non-hydrogen) atoms. The van der Waals surface area contributed by atoms with E-state index in [1.165, 1.54) is 9.80 Å². The summed E-state index contributed by atoms with van der Waals surface area (Å²) in [5.41, 5.74) is -0.273. The smallest absolute Gasteiger partial charge is 0.329 e. The third-order valence-corrected chi connectivity index (χ3v) is 5.30. The predicted octanol–water partition coefficient (Wildman–Crippen LogP) is -2.10. The van der Waals surface area contributed by atoms with Crippen molar-refractivity contribution in [3.63, 3.8) is 0 Å². The summed E-state index contributed by atoms with van der Waals surface area (Å²) < 4.78 is 11.1. The maximum absolute atomic E-state index is 13.0. The summed E-state index contributed by atoms with van der Waals surface area (Å²) >= 11 is 0. The van der Waals surface area contributed by atoms with E-state index in [0.717, 1.165) is 43.7 Å². The lowest BCUT2D eigenvalue weighted by atomic mass is 9.92. The summed E-state index contributed by atoms with van der Waals surface area (Å²) in [6.45, 7) is 7.92. The number of hydrogen-bond donors (Lipinski definition) is 2. The molecule has 2 aliphatic rings. The first kappa shape index (κ1) is 22.5. The standard InChI is InChI=1S/C20H29N3O4.ClH/c1-3-4-5-12-27-17-8-6-16(7-9-17)20(2)18(24)23(19(25)21-20)15-22-10-13-26-14-11-22;/h6-9H,3-5,10-15H2,1-2H3,(H,21,25);1H. The van der Waals surface area contributed by atoms with Crippen molar-refractivity contribution in [1.29, 1.82) is 0 Å². The van der Waals surface area contributed by atoms with Gasteiger partial charge in [-0.15, -0.1) is 0 Å². The fourth-order valence-electron chi connectivity index (χ4n) is 3.50. The van der Waals surface area contributed by atoms with Crippen molar-refractivity contribution < 1.29 is 36.4 Å². The van der Waals surface area contributed by atoms with Gasteiger partial charge in [0.15, 0.2) is 6.67 Å². The van der Waals surface area contributed by atoms with E-state index in [9.17, 15) is 9.59 Å². The van der Waals surface area contributed by atoms with Crippen LogP contribution < -0.4 is 27.4 Å². The van der Waals surface area contributed by atoms with Crippen molar-refractivity contribution in [1.82, 2.24) is 10.2 Å². The van der Waals surface area contributed by atoms with E-state index < -0.39 is 5.54 Å². The minimum Gasteiger partial charge on any atom is -1.00 e. The van der Waals surface area contributed by atoms with Crippen molar-refractivity contribution in [2.24, 2.45) is 0 Å². The van der Waals surface area contributed by atoms with Gasteiger partial charge < -0.3 is 32.1 Å². The molecule has 0 aliphatic carbocycles. The number of carbonyl (C=O) groups excluding carboxylic acids is 2. The van der Waals surface area contributed by atoms with Gasteiger partial charge in [0, 0.05) is 0 Å². The van der Waals surface area contributed by atoms with Crippen molar-refractivity contribution in [2.45, 2.75) is 38.6 Å². The summed E-state index contributed by atoms with van der Waals surface area (Å²) in [6, 6.07) is 7.11. The van der Waals surface area contributed by atoms with Crippen LogP contribution in [0.15, 0.2) is 24.3 Å². The molecule has 3 rings (SSSR count). The molecule has 0 bridgehead atoms. The first-order chi connectivity index (χ1) is 13.0. The van der Waals surface area contributed by atoms with Gasteiger partial charge in [0.25, 0.3) is 5.91 Å². The molecule has 7 nitrogen and oxygen atoms in total. The third-order valence-electron chi connectivity index (χ3n) is 5.30. The SMILES string of the molecule is CCCCCOc1ccc(C2(C)NC(=O)N(C[NH+]3CCOCC3)C2=O)cc1.[Cl-]. The maximum Gasteiger partial charge on any atom is 0.329 e. The Morgan fingerprint density at radius 3 is 2.50 bits per heavy atom. The predicted molar refractivity (Wildman–Crippen MR) is 101 cm³/mol. The molecule has 2 N–H and O–H groups in total. The van der Waals surface area contributed by atoms with E-state index in [1.54, 1.807) is 6.92 Å². The monoisotopic (exact) mass is 411 g/mol. The lowest BCUT2D eigenvalue weighted by molar-refractivity contribution is -0.915. The average Bonchev–Trinajstić information content (AvgIpc) is 2.90. The number of hydrogen-bond acceptors (Lipinski definition) is 4. The van der Waals surface area contributed by atoms with Crippen LogP contribution in [0.4, 0.5) is 4.79 Å². The van der Waals surface area contributed by atoms with Gasteiger partial charge in [0.2, 0.25) is 0 Å². The first-order valence-corrected chi connectivity index (χ1v) is 9.83. The number of carbonyl (C=O) groups is 2. The average molecular weight is 412 g/mol. The summed E-state index contributed by atoms with van der Waals surface area (Å²) in [6.07, 6.45) is 3.34. The second-order valence-electron chi connectivity index (χ2n) is 7.39. The van der Waals surface area contributed by atoms with E-state index in [2.05, 4.69) is 12.2 Å². The molecule has 156 valence electrons. The highest BCUT2D eigenvalue weighted by Gasteiger charge is 2.50. The molecule has 1 atom stereocenters. The molecule has 1 aromatic carbocycles. The second kappa shape index (κ2) is 10.1. The van der Waals surface area contributed by atoms with E-state index >= 15 is 0 Å². The van der Waals surface area contributed by atoms with E-state index in [0.29, 0.717) is 26.5 Å². The number of quaternary nitrogens is 1. The van der Waals surface area contributed by atoms with Crippen LogP contribution in [0.5, 0.6) is 5.75 Å². The summed E-state index contributed by atoms with van der Waals surface area (Å²) in [4.78, 5) is 28.0. The Balaban J connectivity index is 0.00000280. The minimum absolute atomic E-state index is 0. The molecule has 1 aromatic rings. The Hall–Kier alpha value is -1.83. The Labute approximate surface area is 172 Å². The number of imide groups is 1. The molecule has 8 heteroatoms. The fraction of sp³-hybridized carbons (Fsp3) is 0.600. The van der Waals surface area contributed by atoms with Crippen LogP contribution in [0.1, 0.15) is 38.7 Å². The lowest BCUT2D eigenvalue weighted by Crippen LogP contribution is -3.15. The van der Waals surface area contributed by atoms with Gasteiger partial charge in [-0.05, 0) is 31.0 Å². The van der Waals surface area contributed by atoms with Crippen LogP contribution in [-0.4, -0.2) is 56.4 Å². The number of ether oxygens (including phenoxy) is 2. The number of benzene rings is 1. The van der Waals surface area contributed by atoms with Crippen molar-refractivity contribution in [3.8, 4) is 5.75 Å². The van der Waals surface area contributed by atoms with Crippen LogP contribution in [0, 0.1) is 0 Å². The van der Waals surface area contributed by atoms with Crippen LogP contribution in [0.25, 0.3) is 0 Å². The van der Waals surface area contributed by atoms with Crippen LogP contribution in [0.2, 0.25) is 0 Å². The molecule has 0 saturated carbocycles. The zero-order chi connectivity index (χ0) is 19.3. The largest absolute Gasteiger partial charge is 1.00 e. The number of amides is 3. The van der Waals surface area contributed by atoms with Gasteiger partial charge in [-0.25, -0.2) is 9.69 Å². The first-order valence-electron chi connectivity index (χ1n) is 9.83. The van der Waals surface area contributed by atoms with Gasteiger partial charge in [-0.1, -0.05) is 31.9 Å². The van der Waals surface area contributed by atoms with E-state index in [1.807, 2.05) is 24.3 Å². The van der Waals surface area contributed by atoms with Crippen LogP contribution in [0.3, 0.4) is 0 Å². The van der Waals surface area contributed by atoms with Gasteiger partial charge in [0.05, 0.1) is 19.8 Å². The molecule has 3 amide bonds. The molecule has 2 saturated heterocycles. The quantitative estimate of drug-likeness (QED) is 0.380. The maximum atomic E-state index is 13.0. The lowest BCUT2D eigenvalue weighted by Gasteiger charge is -2.27. The van der Waals surface area contributed by atoms with Crippen molar-refractivity contribution >= 4 is 11.9 Å². The highest BCUT2D eigenvalue weighted by Crippen LogP contribution is 2.29. The number of unbranched alkanes of at least 4 members (excludes halogenated alkanes) is 2. The molecule has 2 aliphatic heterocycles. The summed E-state index contributed by atoms with van der Waals surface area (Å²) in [5, 5.41) is 2.87. The topological polar surface area (TPSA) is 72.3 Å². The molecule has 2 fully saturated rings. The summed E-state index contributed by atoms with van der Waals surface area (Å²) in [5.74, 6) is 0.577. The number of halogens is 1. The Bertz CT molecular complexity index is 664. The number of urea groups is 1. The number of rotatable bonds is 8. The zero-order valence-corrected chi connectivity index (χ0v) is 17.4. The highest BCUT2D eigenvalue weighted by molar-refractivity contribution is 6.07. The Kier molecular flexibility index (Phi) is 8.10. The van der Waals surface area contributed by atoms with Crippen molar-refractivity contribution in [3.05, 3.63) is 29.8 Å². The number of nitrogens with one attached hydrogen (secondary N) is 2. The normalized spacial score (nSPS) is 22.7. The van der Waals surface area contributed by atoms with Crippen molar-refractivity contribution in [2.75, 3.05) is 39.6 Å². The van der Waals surface area contributed by atoms with Gasteiger partial charge in [0.1, 0.15) is 24.4 Å². The molecule has 0 aromatic heterocycles.